The van der Waals surface area contributed by atoms with Gasteiger partial charge in [-0.25, -0.2) is 8.70 Å². The fraction of sp³-hybridized carbons (Fsp3) is 0.111. The summed E-state index contributed by atoms with van der Waals surface area (Å²) in [6, 6.07) is 17.0. The smallest absolute Gasteiger partial charge is 0.180 e. The van der Waals surface area contributed by atoms with Crippen molar-refractivity contribution in [2.45, 2.75) is 13.8 Å². The molecule has 0 saturated heterocycles. The monoisotopic (exact) mass is 382 g/mol. The fourth-order valence-electron chi connectivity index (χ4n) is 2.75. The second-order valence-electron chi connectivity index (χ2n) is 6.01. The van der Waals surface area contributed by atoms with Crippen LogP contribution in [0.1, 0.15) is 22.3 Å². The first-order valence-electron chi connectivity index (χ1n) is 7.86. The van der Waals surface area contributed by atoms with E-state index in [1.54, 1.807) is 11.9 Å². The Kier molecular flexibility index (Phi) is 3.62. The number of hydrogen-bond donors (Lipinski definition) is 0. The molecule has 0 radical (unpaired) electrons. The molecule has 0 N–H and O–H groups in total. The zero-order valence-corrected chi connectivity index (χ0v) is 16.1. The summed E-state index contributed by atoms with van der Waals surface area (Å²) >= 11 is 3.00. The molecule has 2 aromatic carbocycles. The molecule has 7 heteroatoms. The molecule has 0 amide bonds. The number of benzene rings is 2. The molecule has 2 aromatic rings. The van der Waals surface area contributed by atoms with Gasteiger partial charge in [0.2, 0.25) is 0 Å². The van der Waals surface area contributed by atoms with Crippen molar-refractivity contribution >= 4 is 51.4 Å². The third-order valence-electron chi connectivity index (χ3n) is 4.16. The number of amidine groups is 1. The Balaban J connectivity index is 1.56. The Morgan fingerprint density at radius 2 is 1.52 bits per heavy atom. The van der Waals surface area contributed by atoms with Gasteiger partial charge in [0.1, 0.15) is 22.9 Å². The number of hydrogen-bond acceptors (Lipinski definition) is 6. The van der Waals surface area contributed by atoms with Gasteiger partial charge in [-0.15, -0.1) is 0 Å². The first kappa shape index (κ1) is 15.4. The highest BCUT2D eigenvalue weighted by molar-refractivity contribution is 8.19. The molecule has 124 valence electrons. The van der Waals surface area contributed by atoms with Gasteiger partial charge in [0, 0.05) is 17.5 Å². The van der Waals surface area contributed by atoms with E-state index in [1.165, 1.54) is 28.8 Å². The van der Waals surface area contributed by atoms with E-state index in [1.807, 2.05) is 0 Å². The van der Waals surface area contributed by atoms with E-state index in [2.05, 4.69) is 70.5 Å². The largest absolute Gasteiger partial charge is 0.216 e. The van der Waals surface area contributed by atoms with Crippen LogP contribution in [0.5, 0.6) is 0 Å². The lowest BCUT2D eigenvalue weighted by molar-refractivity contribution is 1.18. The molecule has 1 atom stereocenters. The maximum Gasteiger partial charge on any atom is 0.180 e. The van der Waals surface area contributed by atoms with Crippen molar-refractivity contribution in [3.8, 4) is 0 Å². The Labute approximate surface area is 157 Å². The molecule has 0 bridgehead atoms. The first-order chi connectivity index (χ1) is 12.2. The van der Waals surface area contributed by atoms with Gasteiger partial charge in [0.15, 0.2) is 5.84 Å². The van der Waals surface area contributed by atoms with Crippen LogP contribution in [0.2, 0.25) is 0 Å². The van der Waals surface area contributed by atoms with Crippen LogP contribution in [0, 0.1) is 13.8 Å². The summed E-state index contributed by atoms with van der Waals surface area (Å²) in [7, 11) is -0.362. The van der Waals surface area contributed by atoms with E-state index in [9.17, 15) is 0 Å². The van der Waals surface area contributed by atoms with Crippen molar-refractivity contribution < 1.29 is 0 Å². The normalized spacial score (nSPS) is 21.0. The minimum atomic E-state index is -0.362. The van der Waals surface area contributed by atoms with Crippen LogP contribution in [-0.2, 0) is 10.9 Å². The minimum Gasteiger partial charge on any atom is -0.216 e. The van der Waals surface area contributed by atoms with E-state index in [0.717, 1.165) is 27.0 Å². The number of aliphatic imine (C=N–C) groups is 1. The molecule has 0 aromatic heterocycles. The lowest BCUT2D eigenvalue weighted by atomic mass is 10.1. The highest BCUT2D eigenvalue weighted by Gasteiger charge is 2.40. The van der Waals surface area contributed by atoms with Crippen molar-refractivity contribution in [1.29, 1.82) is 0 Å². The Morgan fingerprint density at radius 3 is 2.20 bits per heavy atom. The summed E-state index contributed by atoms with van der Waals surface area (Å²) in [5, 5.41) is 1.07. The predicted octanol–water partition coefficient (Wildman–Crippen LogP) is 5.09. The Hall–Kier alpha value is -1.83. The summed E-state index contributed by atoms with van der Waals surface area (Å²) in [5.74, 6) is 0.931. The van der Waals surface area contributed by atoms with Gasteiger partial charge in [-0.2, -0.15) is 8.17 Å². The van der Waals surface area contributed by atoms with Crippen molar-refractivity contribution in [3.63, 3.8) is 0 Å². The molecule has 0 aliphatic carbocycles. The Morgan fingerprint density at radius 1 is 0.880 bits per heavy atom. The molecule has 0 spiro atoms. The maximum atomic E-state index is 4.94. The molecule has 0 fully saturated rings. The molecule has 5 rings (SSSR count). The average Bonchev–Trinajstić information content (AvgIpc) is 3.28. The van der Waals surface area contributed by atoms with E-state index in [-0.39, 0.29) is 10.9 Å². The molecular formula is C18H14N4S3. The summed E-state index contributed by atoms with van der Waals surface area (Å²) in [6.45, 7) is 4.19. The van der Waals surface area contributed by atoms with E-state index < -0.39 is 0 Å². The van der Waals surface area contributed by atoms with Crippen molar-refractivity contribution in [2.24, 2.45) is 13.2 Å². The number of nitrogens with zero attached hydrogens (tertiary/aromatic N) is 4. The molecule has 25 heavy (non-hydrogen) atoms. The molecule has 3 aliphatic heterocycles. The van der Waals surface area contributed by atoms with Crippen molar-refractivity contribution in [3.05, 3.63) is 75.8 Å². The number of fused-ring (bicyclic) bond motifs is 3. The second-order valence-corrected chi connectivity index (χ2v) is 9.42. The zero-order chi connectivity index (χ0) is 17.0. The van der Waals surface area contributed by atoms with Crippen LogP contribution in [-0.4, -0.2) is 15.3 Å². The van der Waals surface area contributed by atoms with Gasteiger partial charge in [-0.3, -0.25) is 0 Å². The summed E-state index contributed by atoms with van der Waals surface area (Å²) in [6.07, 6.45) is 0. The minimum absolute atomic E-state index is 0.362. The molecule has 1 unspecified atom stereocenters. The summed E-state index contributed by atoms with van der Waals surface area (Å²) in [4.78, 5) is 6.10. The number of rotatable bonds is 2. The predicted molar refractivity (Wildman–Crippen MR) is 110 cm³/mol. The van der Waals surface area contributed by atoms with Crippen molar-refractivity contribution in [2.75, 3.05) is 0 Å². The SMILES string of the molecule is Cc1ccc(C2=NSN3C2=NC2=C(c4ccc(C)cc4)SN=S23)cc1. The highest BCUT2D eigenvalue weighted by atomic mass is 32.3. The van der Waals surface area contributed by atoms with Gasteiger partial charge < -0.3 is 0 Å². The summed E-state index contributed by atoms with van der Waals surface area (Å²) < 4.78 is 11.5. The molecule has 4 nitrogen and oxygen atoms in total. The third kappa shape index (κ3) is 2.49. The van der Waals surface area contributed by atoms with Crippen LogP contribution in [0.25, 0.3) is 4.91 Å². The molecule has 3 aliphatic rings. The number of aryl methyl sites for hydroxylation is 2. The van der Waals surface area contributed by atoms with Crippen LogP contribution in [0.3, 0.4) is 0 Å². The molecule has 0 saturated carbocycles. The van der Waals surface area contributed by atoms with Gasteiger partial charge in [0.25, 0.3) is 0 Å². The standard InChI is InChI=1S/C18H14N4S3/c1-11-3-7-13(8-4-11)15-17-19-18-16(14-9-5-12(2)6-10-14)23-21-25(18)22(17)24-20-15/h3-10H,1-2H3. The van der Waals surface area contributed by atoms with Crippen LogP contribution in [0.4, 0.5) is 0 Å². The topological polar surface area (TPSA) is 40.3 Å². The Bertz CT molecular complexity index is 1000. The average molecular weight is 383 g/mol. The quantitative estimate of drug-likeness (QED) is 0.679. The summed E-state index contributed by atoms with van der Waals surface area (Å²) in [5.41, 5.74) is 5.75. The van der Waals surface area contributed by atoms with Gasteiger partial charge >= 0.3 is 0 Å². The lowest BCUT2D eigenvalue weighted by Gasteiger charge is -2.08. The highest BCUT2D eigenvalue weighted by Crippen LogP contribution is 2.48. The molecule has 3 heterocycles. The lowest BCUT2D eigenvalue weighted by Crippen LogP contribution is -2.22. The fourth-order valence-corrected chi connectivity index (χ4v) is 6.81. The van der Waals surface area contributed by atoms with Gasteiger partial charge in [0.05, 0.1) is 15.8 Å². The zero-order valence-electron chi connectivity index (χ0n) is 13.6. The van der Waals surface area contributed by atoms with E-state index in [4.69, 9.17) is 8.76 Å². The second kappa shape index (κ2) is 5.86. The maximum absolute atomic E-state index is 4.94. The van der Waals surface area contributed by atoms with Crippen LogP contribution >= 0.6 is 24.1 Å². The first-order valence-corrected chi connectivity index (χ1v) is 10.5. The van der Waals surface area contributed by atoms with E-state index >= 15 is 0 Å². The van der Waals surface area contributed by atoms with Crippen molar-refractivity contribution in [1.82, 2.24) is 3.71 Å². The van der Waals surface area contributed by atoms with Crippen LogP contribution < -0.4 is 0 Å². The van der Waals surface area contributed by atoms with E-state index in [0.29, 0.717) is 0 Å². The third-order valence-corrected chi connectivity index (χ3v) is 8.10. The van der Waals surface area contributed by atoms with Gasteiger partial charge in [-0.05, 0) is 19.4 Å². The molecular weight excluding hydrogens is 368 g/mol. The van der Waals surface area contributed by atoms with Gasteiger partial charge in [-0.1, -0.05) is 59.7 Å². The van der Waals surface area contributed by atoms with Crippen LogP contribution in [0.15, 0.2) is 66.7 Å².